The largest absolute Gasteiger partial charge is 0.345 e. The van der Waals surface area contributed by atoms with Crippen LogP contribution in [0.1, 0.15) is 41.4 Å². The van der Waals surface area contributed by atoms with Crippen LogP contribution in [-0.4, -0.2) is 5.91 Å². The van der Waals surface area contributed by atoms with Crippen LogP contribution in [0.3, 0.4) is 0 Å². The normalized spacial score (nSPS) is 19.7. The van der Waals surface area contributed by atoms with E-state index in [2.05, 4.69) is 31.3 Å². The van der Waals surface area contributed by atoms with Crippen LogP contribution in [0.15, 0.2) is 18.2 Å². The third kappa shape index (κ3) is 1.31. The van der Waals surface area contributed by atoms with E-state index in [0.29, 0.717) is 5.92 Å². The summed E-state index contributed by atoms with van der Waals surface area (Å²) in [7, 11) is 0. The fourth-order valence-electron chi connectivity index (χ4n) is 1.96. The van der Waals surface area contributed by atoms with Crippen molar-refractivity contribution < 1.29 is 4.79 Å². The maximum absolute atomic E-state index is 11.6. The van der Waals surface area contributed by atoms with E-state index in [1.165, 1.54) is 0 Å². The number of rotatable bonds is 1. The second-order valence-corrected chi connectivity index (χ2v) is 4.29. The molecule has 0 saturated heterocycles. The average Bonchev–Trinajstić information content (AvgIpc) is 2.44. The van der Waals surface area contributed by atoms with E-state index in [9.17, 15) is 4.79 Å². The first kappa shape index (κ1) is 9.25. The van der Waals surface area contributed by atoms with Crippen molar-refractivity contribution in [3.63, 3.8) is 0 Å². The minimum atomic E-state index is 0.0717. The van der Waals surface area contributed by atoms with Crippen LogP contribution in [0.2, 0.25) is 0 Å². The third-order valence-electron chi connectivity index (χ3n) is 2.74. The summed E-state index contributed by atoms with van der Waals surface area (Å²) >= 11 is 0. The van der Waals surface area contributed by atoms with E-state index in [1.807, 2.05) is 13.0 Å². The van der Waals surface area contributed by atoms with Crippen molar-refractivity contribution in [2.45, 2.75) is 26.8 Å². The standard InChI is InChI=1S/C12H15NO/c1-7(2)11-9-5-4-8(3)6-10(9)12(14)13-11/h4-7,11H,1-3H3,(H,13,14). The molecule has 1 unspecified atom stereocenters. The van der Waals surface area contributed by atoms with E-state index in [-0.39, 0.29) is 11.9 Å². The summed E-state index contributed by atoms with van der Waals surface area (Å²) in [5.41, 5.74) is 3.14. The Kier molecular flexibility index (Phi) is 2.06. The Hall–Kier alpha value is -1.31. The summed E-state index contributed by atoms with van der Waals surface area (Å²) in [6, 6.07) is 6.28. The lowest BCUT2D eigenvalue weighted by Crippen LogP contribution is -2.22. The number of hydrogen-bond acceptors (Lipinski definition) is 1. The predicted molar refractivity (Wildman–Crippen MR) is 56.2 cm³/mol. The molecule has 1 atom stereocenters. The maximum Gasteiger partial charge on any atom is 0.252 e. The molecule has 1 heterocycles. The quantitative estimate of drug-likeness (QED) is 0.722. The van der Waals surface area contributed by atoms with Gasteiger partial charge in [-0.25, -0.2) is 0 Å². The molecule has 1 aliphatic rings. The van der Waals surface area contributed by atoms with Gasteiger partial charge < -0.3 is 5.32 Å². The Labute approximate surface area is 84.3 Å². The summed E-state index contributed by atoms with van der Waals surface area (Å²) in [6.45, 7) is 6.26. The van der Waals surface area contributed by atoms with Crippen molar-refractivity contribution in [1.82, 2.24) is 5.32 Å². The van der Waals surface area contributed by atoms with Crippen molar-refractivity contribution in [1.29, 1.82) is 0 Å². The van der Waals surface area contributed by atoms with Crippen LogP contribution < -0.4 is 5.32 Å². The van der Waals surface area contributed by atoms with Gasteiger partial charge in [0, 0.05) is 5.56 Å². The summed E-state index contributed by atoms with van der Waals surface area (Å²) in [5.74, 6) is 0.519. The fraction of sp³-hybridized carbons (Fsp3) is 0.417. The number of nitrogens with one attached hydrogen (secondary N) is 1. The molecule has 1 aromatic rings. The smallest absolute Gasteiger partial charge is 0.252 e. The number of amides is 1. The van der Waals surface area contributed by atoms with Crippen LogP contribution in [0.5, 0.6) is 0 Å². The van der Waals surface area contributed by atoms with Gasteiger partial charge in [0.15, 0.2) is 0 Å². The lowest BCUT2D eigenvalue weighted by atomic mass is 9.95. The molecule has 1 aromatic carbocycles. The molecular weight excluding hydrogens is 174 g/mol. The van der Waals surface area contributed by atoms with Gasteiger partial charge in [0.05, 0.1) is 6.04 Å². The molecule has 1 N–H and O–H groups in total. The Morgan fingerprint density at radius 1 is 1.36 bits per heavy atom. The first-order valence-electron chi connectivity index (χ1n) is 5.01. The van der Waals surface area contributed by atoms with Gasteiger partial charge in [0.25, 0.3) is 5.91 Å². The summed E-state index contributed by atoms with van der Waals surface area (Å²) < 4.78 is 0. The lowest BCUT2D eigenvalue weighted by Gasteiger charge is -2.15. The first-order chi connectivity index (χ1) is 6.59. The molecule has 0 bridgehead atoms. The van der Waals surface area contributed by atoms with Crippen LogP contribution in [0, 0.1) is 12.8 Å². The number of aryl methyl sites for hydroxylation is 1. The zero-order valence-electron chi connectivity index (χ0n) is 8.79. The van der Waals surface area contributed by atoms with Crippen molar-refractivity contribution >= 4 is 5.91 Å². The minimum absolute atomic E-state index is 0.0717. The van der Waals surface area contributed by atoms with Gasteiger partial charge in [0.2, 0.25) is 0 Å². The average molecular weight is 189 g/mol. The highest BCUT2D eigenvalue weighted by molar-refractivity contribution is 5.99. The second kappa shape index (κ2) is 3.12. The summed E-state index contributed by atoms with van der Waals surface area (Å²) in [6.07, 6.45) is 0. The molecule has 14 heavy (non-hydrogen) atoms. The zero-order valence-corrected chi connectivity index (χ0v) is 8.79. The van der Waals surface area contributed by atoms with E-state index in [0.717, 1.165) is 16.7 Å². The molecule has 0 fully saturated rings. The Morgan fingerprint density at radius 2 is 2.07 bits per heavy atom. The van der Waals surface area contributed by atoms with Crippen molar-refractivity contribution in [2.75, 3.05) is 0 Å². The fourth-order valence-corrected chi connectivity index (χ4v) is 1.96. The molecule has 0 spiro atoms. The zero-order chi connectivity index (χ0) is 10.3. The Balaban J connectivity index is 2.50. The number of hydrogen-bond donors (Lipinski definition) is 1. The SMILES string of the molecule is Cc1ccc2c(c1)C(=O)NC2C(C)C. The highest BCUT2D eigenvalue weighted by Gasteiger charge is 2.29. The lowest BCUT2D eigenvalue weighted by molar-refractivity contribution is 0.0949. The van der Waals surface area contributed by atoms with E-state index in [4.69, 9.17) is 0 Å². The van der Waals surface area contributed by atoms with E-state index in [1.54, 1.807) is 0 Å². The molecule has 1 amide bonds. The predicted octanol–water partition coefficient (Wildman–Crippen LogP) is 2.44. The first-order valence-corrected chi connectivity index (χ1v) is 5.01. The van der Waals surface area contributed by atoms with Crippen molar-refractivity contribution in [3.05, 3.63) is 34.9 Å². The van der Waals surface area contributed by atoms with Crippen molar-refractivity contribution in [3.8, 4) is 0 Å². The second-order valence-electron chi connectivity index (χ2n) is 4.29. The van der Waals surface area contributed by atoms with Gasteiger partial charge in [0.1, 0.15) is 0 Å². The van der Waals surface area contributed by atoms with Gasteiger partial charge in [-0.05, 0) is 24.5 Å². The number of benzene rings is 1. The highest BCUT2D eigenvalue weighted by atomic mass is 16.2. The molecule has 2 heteroatoms. The molecule has 0 aromatic heterocycles. The van der Waals surface area contributed by atoms with Gasteiger partial charge in [-0.15, -0.1) is 0 Å². The van der Waals surface area contributed by atoms with Crippen LogP contribution in [0.25, 0.3) is 0 Å². The third-order valence-corrected chi connectivity index (χ3v) is 2.74. The van der Waals surface area contributed by atoms with Gasteiger partial charge in [-0.1, -0.05) is 31.5 Å². The molecule has 2 nitrogen and oxygen atoms in total. The molecule has 74 valence electrons. The summed E-state index contributed by atoms with van der Waals surface area (Å²) in [5, 5.41) is 3.01. The monoisotopic (exact) mass is 189 g/mol. The van der Waals surface area contributed by atoms with E-state index >= 15 is 0 Å². The molecule has 0 saturated carbocycles. The van der Waals surface area contributed by atoms with Gasteiger partial charge >= 0.3 is 0 Å². The van der Waals surface area contributed by atoms with Crippen molar-refractivity contribution in [2.24, 2.45) is 5.92 Å². The van der Waals surface area contributed by atoms with Crippen LogP contribution in [0.4, 0.5) is 0 Å². The topological polar surface area (TPSA) is 29.1 Å². The molecule has 0 aliphatic carbocycles. The molecule has 0 radical (unpaired) electrons. The maximum atomic E-state index is 11.6. The van der Waals surface area contributed by atoms with Crippen LogP contribution >= 0.6 is 0 Å². The van der Waals surface area contributed by atoms with E-state index < -0.39 is 0 Å². The molecular formula is C12H15NO. The Bertz CT molecular complexity index is 382. The molecule has 1 aliphatic heterocycles. The number of carbonyl (C=O) groups excluding carboxylic acids is 1. The van der Waals surface area contributed by atoms with Crippen LogP contribution in [-0.2, 0) is 0 Å². The highest BCUT2D eigenvalue weighted by Crippen LogP contribution is 2.31. The number of fused-ring (bicyclic) bond motifs is 1. The molecule has 2 rings (SSSR count). The van der Waals surface area contributed by atoms with Gasteiger partial charge in [-0.3, -0.25) is 4.79 Å². The Morgan fingerprint density at radius 3 is 2.71 bits per heavy atom. The number of carbonyl (C=O) groups is 1. The van der Waals surface area contributed by atoms with Gasteiger partial charge in [-0.2, -0.15) is 0 Å². The minimum Gasteiger partial charge on any atom is -0.345 e. The summed E-state index contributed by atoms with van der Waals surface area (Å²) in [4.78, 5) is 11.6.